The molecule has 5 heteroatoms. The van der Waals surface area contributed by atoms with E-state index >= 15 is 0 Å². The van der Waals surface area contributed by atoms with Crippen LogP contribution in [-0.4, -0.2) is 18.0 Å². The van der Waals surface area contributed by atoms with Crippen molar-refractivity contribution in [2.24, 2.45) is 11.3 Å². The van der Waals surface area contributed by atoms with Gasteiger partial charge in [-0.25, -0.2) is 4.39 Å². The van der Waals surface area contributed by atoms with Gasteiger partial charge in [-0.05, 0) is 104 Å². The fourth-order valence-electron chi connectivity index (χ4n) is 5.61. The second-order valence-corrected chi connectivity index (χ2v) is 9.01. The number of benzene rings is 2. The lowest BCUT2D eigenvalue weighted by Gasteiger charge is -2.52. The van der Waals surface area contributed by atoms with E-state index in [9.17, 15) is 9.18 Å². The number of halogens is 1. The predicted molar refractivity (Wildman–Crippen MR) is 120 cm³/mol. The standard InChI is InChI=1S/C26H27FN2O2/c1-31-20-5-3-19(4-6-20)29-25(30)23-10-14-26(23)12-8-17(9-13-26)21-11-15-28-24-7-2-18(27)16-22(21)24/h2-7,11,15-17,23H,8-10,12-14H2,1H3,(H,29,30). The molecular formula is C26H27FN2O2. The molecule has 2 saturated carbocycles. The van der Waals surface area contributed by atoms with Gasteiger partial charge in [0.15, 0.2) is 0 Å². The van der Waals surface area contributed by atoms with Gasteiger partial charge in [-0.3, -0.25) is 9.78 Å². The van der Waals surface area contributed by atoms with Crippen LogP contribution in [0.4, 0.5) is 10.1 Å². The Labute approximate surface area is 181 Å². The predicted octanol–water partition coefficient (Wildman–Crippen LogP) is 6.08. The first kappa shape index (κ1) is 20.0. The van der Waals surface area contributed by atoms with Crippen LogP contribution in [0.5, 0.6) is 5.75 Å². The zero-order chi connectivity index (χ0) is 21.4. The first-order valence-electron chi connectivity index (χ1n) is 11.1. The number of nitrogens with zero attached hydrogens (tertiary/aromatic N) is 1. The number of hydrogen-bond acceptors (Lipinski definition) is 3. The van der Waals surface area contributed by atoms with Gasteiger partial charge in [0.25, 0.3) is 0 Å². The van der Waals surface area contributed by atoms with Gasteiger partial charge >= 0.3 is 0 Å². The minimum absolute atomic E-state index is 0.0715. The highest BCUT2D eigenvalue weighted by molar-refractivity contribution is 5.93. The van der Waals surface area contributed by atoms with Crippen LogP contribution in [0.15, 0.2) is 54.7 Å². The van der Waals surface area contributed by atoms with Gasteiger partial charge in [0.05, 0.1) is 12.6 Å². The van der Waals surface area contributed by atoms with E-state index in [2.05, 4.69) is 10.3 Å². The summed E-state index contributed by atoms with van der Waals surface area (Å²) < 4.78 is 19.0. The smallest absolute Gasteiger partial charge is 0.228 e. The number of nitrogens with one attached hydrogen (secondary N) is 1. The zero-order valence-corrected chi connectivity index (χ0v) is 17.7. The lowest BCUT2D eigenvalue weighted by Crippen LogP contribution is -2.48. The first-order chi connectivity index (χ1) is 15.1. The van der Waals surface area contributed by atoms with Crippen LogP contribution in [0, 0.1) is 17.2 Å². The van der Waals surface area contributed by atoms with Crippen molar-refractivity contribution in [3.63, 3.8) is 0 Å². The lowest BCUT2D eigenvalue weighted by molar-refractivity contribution is -0.133. The summed E-state index contributed by atoms with van der Waals surface area (Å²) in [6, 6.07) is 14.4. The molecule has 1 N–H and O–H groups in total. The van der Waals surface area contributed by atoms with E-state index in [0.29, 0.717) is 5.92 Å². The van der Waals surface area contributed by atoms with E-state index in [4.69, 9.17) is 4.74 Å². The van der Waals surface area contributed by atoms with Crippen molar-refractivity contribution in [1.29, 1.82) is 0 Å². The van der Waals surface area contributed by atoms with Gasteiger partial charge in [0.2, 0.25) is 5.91 Å². The number of hydrogen-bond donors (Lipinski definition) is 1. The van der Waals surface area contributed by atoms with Gasteiger partial charge in [0.1, 0.15) is 11.6 Å². The molecule has 2 aliphatic carbocycles. The van der Waals surface area contributed by atoms with Crippen molar-refractivity contribution in [2.75, 3.05) is 12.4 Å². The maximum Gasteiger partial charge on any atom is 0.228 e. The van der Waals surface area contributed by atoms with E-state index in [0.717, 1.165) is 60.9 Å². The second kappa shape index (κ2) is 7.95. The minimum atomic E-state index is -0.219. The maximum atomic E-state index is 13.9. The molecule has 31 heavy (non-hydrogen) atoms. The Morgan fingerprint density at radius 1 is 1.06 bits per heavy atom. The highest BCUT2D eigenvalue weighted by atomic mass is 19.1. The number of carbonyl (C=O) groups excluding carboxylic acids is 1. The third-order valence-electron chi connectivity index (χ3n) is 7.50. The van der Waals surface area contributed by atoms with Gasteiger partial charge in [-0.15, -0.1) is 0 Å². The van der Waals surface area contributed by atoms with Crippen molar-refractivity contribution in [2.45, 2.75) is 44.4 Å². The molecule has 1 aromatic heterocycles. The molecule has 2 fully saturated rings. The maximum absolute atomic E-state index is 13.9. The molecule has 0 bridgehead atoms. The summed E-state index contributed by atoms with van der Waals surface area (Å²) in [7, 11) is 1.63. The summed E-state index contributed by atoms with van der Waals surface area (Å²) in [5.41, 5.74) is 2.96. The molecule has 1 amide bonds. The van der Waals surface area contributed by atoms with Crippen LogP contribution < -0.4 is 10.1 Å². The molecule has 0 aliphatic heterocycles. The van der Waals surface area contributed by atoms with Crippen molar-refractivity contribution in [3.05, 3.63) is 66.1 Å². The molecule has 160 valence electrons. The number of methoxy groups -OCH3 is 1. The SMILES string of the molecule is COc1ccc(NC(=O)C2CCC23CCC(c2ccnc4ccc(F)cc24)CC3)cc1. The number of fused-ring (bicyclic) bond motifs is 1. The monoisotopic (exact) mass is 418 g/mol. The average Bonchev–Trinajstić information content (AvgIpc) is 2.78. The quantitative estimate of drug-likeness (QED) is 0.559. The topological polar surface area (TPSA) is 51.2 Å². The van der Waals surface area contributed by atoms with Crippen LogP contribution in [0.3, 0.4) is 0 Å². The molecule has 1 spiro atoms. The van der Waals surface area contributed by atoms with Crippen LogP contribution in [0.25, 0.3) is 10.9 Å². The fraction of sp³-hybridized carbons (Fsp3) is 0.385. The number of rotatable bonds is 4. The second-order valence-electron chi connectivity index (χ2n) is 9.01. The van der Waals surface area contributed by atoms with Crippen molar-refractivity contribution < 1.29 is 13.9 Å². The van der Waals surface area contributed by atoms with Crippen LogP contribution in [0.2, 0.25) is 0 Å². The number of anilines is 1. The van der Waals surface area contributed by atoms with Gasteiger partial charge in [0, 0.05) is 23.2 Å². The number of ether oxygens (including phenoxy) is 1. The molecule has 0 saturated heterocycles. The molecule has 2 aromatic carbocycles. The summed E-state index contributed by atoms with van der Waals surface area (Å²) in [4.78, 5) is 17.4. The summed E-state index contributed by atoms with van der Waals surface area (Å²) in [6.07, 6.45) is 8.04. The molecule has 1 atom stereocenters. The van der Waals surface area contributed by atoms with Crippen LogP contribution in [-0.2, 0) is 4.79 Å². The normalized spacial score (nSPS) is 25.2. The van der Waals surface area contributed by atoms with E-state index < -0.39 is 0 Å². The summed E-state index contributed by atoms with van der Waals surface area (Å²) in [5, 5.41) is 4.02. The Hall–Kier alpha value is -2.95. The summed E-state index contributed by atoms with van der Waals surface area (Å²) >= 11 is 0. The summed E-state index contributed by atoms with van der Waals surface area (Å²) in [6.45, 7) is 0. The first-order valence-corrected chi connectivity index (χ1v) is 11.1. The Balaban J connectivity index is 1.27. The molecule has 2 aliphatic rings. The number of pyridine rings is 1. The molecule has 1 unspecified atom stereocenters. The number of amides is 1. The highest BCUT2D eigenvalue weighted by Crippen LogP contribution is 2.58. The zero-order valence-electron chi connectivity index (χ0n) is 17.7. The van der Waals surface area contributed by atoms with Crippen molar-refractivity contribution in [1.82, 2.24) is 4.98 Å². The third kappa shape index (κ3) is 3.67. The Bertz CT molecular complexity index is 1100. The van der Waals surface area contributed by atoms with E-state index in [-0.39, 0.29) is 23.1 Å². The van der Waals surface area contributed by atoms with Crippen LogP contribution in [0.1, 0.15) is 50.0 Å². The Kier molecular flexibility index (Phi) is 5.12. The van der Waals surface area contributed by atoms with Gasteiger partial charge in [-0.1, -0.05) is 0 Å². The van der Waals surface area contributed by atoms with E-state index in [1.54, 1.807) is 19.2 Å². The molecule has 3 aromatic rings. The Morgan fingerprint density at radius 3 is 2.48 bits per heavy atom. The number of aromatic nitrogens is 1. The molecular weight excluding hydrogens is 391 g/mol. The molecule has 0 radical (unpaired) electrons. The largest absolute Gasteiger partial charge is 0.497 e. The average molecular weight is 419 g/mol. The van der Waals surface area contributed by atoms with E-state index in [1.165, 1.54) is 11.6 Å². The lowest BCUT2D eigenvalue weighted by atomic mass is 9.52. The van der Waals surface area contributed by atoms with E-state index in [1.807, 2.05) is 36.5 Å². The van der Waals surface area contributed by atoms with Gasteiger partial charge in [-0.2, -0.15) is 0 Å². The minimum Gasteiger partial charge on any atom is -0.497 e. The highest BCUT2D eigenvalue weighted by Gasteiger charge is 2.51. The summed E-state index contributed by atoms with van der Waals surface area (Å²) in [5.74, 6) is 1.15. The molecule has 4 nitrogen and oxygen atoms in total. The fourth-order valence-corrected chi connectivity index (χ4v) is 5.61. The third-order valence-corrected chi connectivity index (χ3v) is 7.50. The van der Waals surface area contributed by atoms with Gasteiger partial charge < -0.3 is 10.1 Å². The molecule has 5 rings (SSSR count). The Morgan fingerprint density at radius 2 is 1.81 bits per heavy atom. The molecule has 1 heterocycles. The van der Waals surface area contributed by atoms with Crippen molar-refractivity contribution >= 4 is 22.5 Å². The van der Waals surface area contributed by atoms with Crippen molar-refractivity contribution in [3.8, 4) is 5.75 Å². The van der Waals surface area contributed by atoms with Crippen LogP contribution >= 0.6 is 0 Å². The number of carbonyl (C=O) groups is 1.